The zero-order valence-corrected chi connectivity index (χ0v) is 12.8. The minimum absolute atomic E-state index is 0.188. The van der Waals surface area contributed by atoms with Crippen molar-refractivity contribution in [2.75, 3.05) is 5.32 Å². The van der Waals surface area contributed by atoms with Gasteiger partial charge in [-0.1, -0.05) is 11.6 Å². The first-order valence-electron chi connectivity index (χ1n) is 5.67. The molecule has 0 unspecified atom stereocenters. The highest BCUT2D eigenvalue weighted by molar-refractivity contribution is 9.10. The number of rotatable bonds is 2. The molecule has 0 radical (unpaired) electrons. The van der Waals surface area contributed by atoms with E-state index in [-0.39, 0.29) is 5.91 Å². The summed E-state index contributed by atoms with van der Waals surface area (Å²) in [5, 5.41) is 3.42. The number of anilines is 1. The summed E-state index contributed by atoms with van der Waals surface area (Å²) in [7, 11) is 0. The van der Waals surface area contributed by atoms with Gasteiger partial charge in [0.2, 0.25) is 0 Å². The second-order valence-electron chi connectivity index (χ2n) is 4.23. The van der Waals surface area contributed by atoms with Crippen LogP contribution in [0.4, 0.5) is 5.82 Å². The molecule has 1 aromatic heterocycles. The van der Waals surface area contributed by atoms with Crippen molar-refractivity contribution < 1.29 is 4.79 Å². The third-order valence-electron chi connectivity index (χ3n) is 2.71. The van der Waals surface area contributed by atoms with Gasteiger partial charge in [0.25, 0.3) is 5.91 Å². The molecule has 0 aliphatic carbocycles. The molecule has 1 N–H and O–H groups in total. The second-order valence-corrected chi connectivity index (χ2v) is 5.58. The number of benzene rings is 1. The lowest BCUT2D eigenvalue weighted by atomic mass is 10.1. The number of carbonyl (C=O) groups excluding carboxylic acids is 1. The van der Waals surface area contributed by atoms with Crippen LogP contribution in [-0.4, -0.2) is 10.9 Å². The third kappa shape index (κ3) is 3.33. The summed E-state index contributed by atoms with van der Waals surface area (Å²) in [6, 6.07) is 7.07. The predicted molar refractivity (Wildman–Crippen MR) is 80.8 cm³/mol. The summed E-state index contributed by atoms with van der Waals surface area (Å²) < 4.78 is 0.880. The Morgan fingerprint density at radius 1 is 1.26 bits per heavy atom. The standard InChI is InChI=1S/C14H12BrClN2O/c1-8-6-11(16)3-4-12(8)14(19)18-13-9(2)5-10(15)7-17-13/h3-7H,1-2H3,(H,17,18,19). The fourth-order valence-electron chi connectivity index (χ4n) is 1.73. The summed E-state index contributed by atoms with van der Waals surface area (Å²) >= 11 is 9.21. The summed E-state index contributed by atoms with van der Waals surface area (Å²) in [6.07, 6.45) is 1.65. The number of nitrogens with one attached hydrogen (secondary N) is 1. The van der Waals surface area contributed by atoms with Gasteiger partial charge in [-0.3, -0.25) is 4.79 Å². The summed E-state index contributed by atoms with van der Waals surface area (Å²) in [6.45, 7) is 3.74. The minimum atomic E-state index is -0.188. The Bertz CT molecular complexity index is 643. The van der Waals surface area contributed by atoms with Crippen LogP contribution in [0, 0.1) is 13.8 Å². The molecule has 98 valence electrons. The first-order chi connectivity index (χ1) is 8.97. The topological polar surface area (TPSA) is 42.0 Å². The molecular weight excluding hydrogens is 328 g/mol. The van der Waals surface area contributed by atoms with E-state index in [0.717, 1.165) is 15.6 Å². The van der Waals surface area contributed by atoms with Gasteiger partial charge >= 0.3 is 0 Å². The molecule has 19 heavy (non-hydrogen) atoms. The number of halogens is 2. The predicted octanol–water partition coefficient (Wildman–Crippen LogP) is 4.37. The van der Waals surface area contributed by atoms with Crippen molar-refractivity contribution in [2.45, 2.75) is 13.8 Å². The van der Waals surface area contributed by atoms with E-state index in [2.05, 4.69) is 26.2 Å². The Morgan fingerprint density at radius 2 is 2.00 bits per heavy atom. The molecule has 3 nitrogen and oxygen atoms in total. The fourth-order valence-corrected chi connectivity index (χ4v) is 2.40. The van der Waals surface area contributed by atoms with Gasteiger partial charge in [-0.15, -0.1) is 0 Å². The number of carbonyl (C=O) groups is 1. The van der Waals surface area contributed by atoms with Gasteiger partial charge in [0.1, 0.15) is 5.82 Å². The Labute approximate surface area is 125 Å². The van der Waals surface area contributed by atoms with Crippen molar-refractivity contribution in [2.24, 2.45) is 0 Å². The maximum absolute atomic E-state index is 12.2. The van der Waals surface area contributed by atoms with Crippen LogP contribution in [0.25, 0.3) is 0 Å². The summed E-state index contributed by atoms with van der Waals surface area (Å²) in [4.78, 5) is 16.4. The largest absolute Gasteiger partial charge is 0.306 e. The molecule has 0 aliphatic heterocycles. The van der Waals surface area contributed by atoms with Crippen LogP contribution in [-0.2, 0) is 0 Å². The van der Waals surface area contributed by atoms with Gasteiger partial charge in [-0.25, -0.2) is 4.98 Å². The lowest BCUT2D eigenvalue weighted by Crippen LogP contribution is -2.15. The van der Waals surface area contributed by atoms with Crippen LogP contribution < -0.4 is 5.32 Å². The van der Waals surface area contributed by atoms with E-state index in [4.69, 9.17) is 11.6 Å². The highest BCUT2D eigenvalue weighted by Crippen LogP contribution is 2.19. The van der Waals surface area contributed by atoms with Gasteiger partial charge in [0, 0.05) is 21.3 Å². The molecule has 0 bridgehead atoms. The van der Waals surface area contributed by atoms with Gasteiger partial charge in [0.15, 0.2) is 0 Å². The third-order valence-corrected chi connectivity index (χ3v) is 3.38. The van der Waals surface area contributed by atoms with E-state index in [1.165, 1.54) is 0 Å². The van der Waals surface area contributed by atoms with Gasteiger partial charge < -0.3 is 5.32 Å². The number of amides is 1. The van der Waals surface area contributed by atoms with E-state index in [0.29, 0.717) is 16.4 Å². The molecule has 0 spiro atoms. The highest BCUT2D eigenvalue weighted by atomic mass is 79.9. The first-order valence-corrected chi connectivity index (χ1v) is 6.84. The molecule has 0 aliphatic rings. The molecule has 5 heteroatoms. The van der Waals surface area contributed by atoms with Gasteiger partial charge in [0.05, 0.1) is 0 Å². The first kappa shape index (κ1) is 14.0. The summed E-state index contributed by atoms with van der Waals surface area (Å²) in [5.74, 6) is 0.370. The zero-order valence-electron chi connectivity index (χ0n) is 10.5. The molecule has 1 heterocycles. The molecule has 1 aromatic carbocycles. The van der Waals surface area contributed by atoms with Crippen molar-refractivity contribution in [3.63, 3.8) is 0 Å². The van der Waals surface area contributed by atoms with Crippen LogP contribution in [0.2, 0.25) is 5.02 Å². The van der Waals surface area contributed by atoms with Gasteiger partial charge in [-0.2, -0.15) is 0 Å². The molecule has 0 atom stereocenters. The van der Waals surface area contributed by atoms with Crippen molar-refractivity contribution in [1.29, 1.82) is 0 Å². The molecule has 0 saturated heterocycles. The molecular formula is C14H12BrClN2O. The molecule has 2 aromatic rings. The number of aromatic nitrogens is 1. The summed E-state index contributed by atoms with van der Waals surface area (Å²) in [5.41, 5.74) is 2.32. The van der Waals surface area contributed by atoms with Crippen LogP contribution in [0.15, 0.2) is 34.9 Å². The zero-order chi connectivity index (χ0) is 14.0. The Kier molecular flexibility index (Phi) is 4.22. The van der Waals surface area contributed by atoms with Crippen LogP contribution in [0.5, 0.6) is 0 Å². The Balaban J connectivity index is 2.25. The molecule has 0 saturated carbocycles. The number of hydrogen-bond donors (Lipinski definition) is 1. The van der Waals surface area contributed by atoms with E-state index >= 15 is 0 Å². The Hall–Kier alpha value is -1.39. The smallest absolute Gasteiger partial charge is 0.257 e. The number of aryl methyl sites for hydroxylation is 2. The average Bonchev–Trinajstić information content (AvgIpc) is 2.32. The van der Waals surface area contributed by atoms with Crippen molar-refractivity contribution >= 4 is 39.3 Å². The van der Waals surface area contributed by atoms with E-state index in [9.17, 15) is 4.79 Å². The SMILES string of the molecule is Cc1cc(Cl)ccc1C(=O)Nc1ncc(Br)cc1C. The van der Waals surface area contributed by atoms with Crippen molar-refractivity contribution in [3.05, 3.63) is 56.6 Å². The maximum Gasteiger partial charge on any atom is 0.257 e. The molecule has 2 rings (SSSR count). The van der Waals surface area contributed by atoms with Crippen molar-refractivity contribution in [1.82, 2.24) is 4.98 Å². The number of nitrogens with zero attached hydrogens (tertiary/aromatic N) is 1. The van der Waals surface area contributed by atoms with E-state index in [1.54, 1.807) is 24.4 Å². The average molecular weight is 340 g/mol. The Morgan fingerprint density at radius 3 is 2.63 bits per heavy atom. The lowest BCUT2D eigenvalue weighted by Gasteiger charge is -2.09. The van der Waals surface area contributed by atoms with E-state index in [1.807, 2.05) is 19.9 Å². The van der Waals surface area contributed by atoms with Crippen LogP contribution in [0.1, 0.15) is 21.5 Å². The van der Waals surface area contributed by atoms with Crippen LogP contribution in [0.3, 0.4) is 0 Å². The minimum Gasteiger partial charge on any atom is -0.306 e. The fraction of sp³-hybridized carbons (Fsp3) is 0.143. The van der Waals surface area contributed by atoms with E-state index < -0.39 is 0 Å². The second kappa shape index (κ2) is 5.72. The molecule has 0 fully saturated rings. The lowest BCUT2D eigenvalue weighted by molar-refractivity contribution is 0.102. The highest BCUT2D eigenvalue weighted by Gasteiger charge is 2.11. The van der Waals surface area contributed by atoms with Crippen molar-refractivity contribution in [3.8, 4) is 0 Å². The number of hydrogen-bond acceptors (Lipinski definition) is 2. The van der Waals surface area contributed by atoms with Gasteiger partial charge in [-0.05, 0) is 65.2 Å². The number of pyridine rings is 1. The quantitative estimate of drug-likeness (QED) is 0.883. The normalized spacial score (nSPS) is 10.3. The van der Waals surface area contributed by atoms with Crippen LogP contribution >= 0.6 is 27.5 Å². The monoisotopic (exact) mass is 338 g/mol. The molecule has 1 amide bonds. The maximum atomic E-state index is 12.2.